The molecule has 5 nitrogen and oxygen atoms in total. The van der Waals surface area contributed by atoms with E-state index in [1.54, 1.807) is 11.0 Å². The molecule has 0 saturated carbocycles. The van der Waals surface area contributed by atoms with E-state index in [-0.39, 0.29) is 6.04 Å². The zero-order valence-corrected chi connectivity index (χ0v) is 11.0. The van der Waals surface area contributed by atoms with Crippen LogP contribution in [0.3, 0.4) is 0 Å². The maximum absolute atomic E-state index is 6.39. The molecule has 2 aromatic rings. The highest BCUT2D eigenvalue weighted by molar-refractivity contribution is 5.38. The predicted molar refractivity (Wildman–Crippen MR) is 72.0 cm³/mol. The molecule has 0 bridgehead atoms. The van der Waals surface area contributed by atoms with Crippen LogP contribution in [-0.2, 0) is 13.5 Å². The molecule has 19 heavy (non-hydrogen) atoms. The summed E-state index contributed by atoms with van der Waals surface area (Å²) in [6.45, 7) is 0.730. The molecule has 3 rings (SSSR count). The quantitative estimate of drug-likeness (QED) is 0.900. The van der Waals surface area contributed by atoms with Gasteiger partial charge in [0.05, 0.1) is 6.61 Å². The highest BCUT2D eigenvalue weighted by Gasteiger charge is 2.27. The number of para-hydroxylation sites is 1. The van der Waals surface area contributed by atoms with Crippen LogP contribution in [0, 0.1) is 0 Å². The number of hydrogen-bond acceptors (Lipinski definition) is 4. The molecule has 0 radical (unpaired) electrons. The third kappa shape index (κ3) is 2.33. The summed E-state index contributed by atoms with van der Waals surface area (Å²) in [6.07, 6.45) is 3.26. The van der Waals surface area contributed by atoms with Crippen molar-refractivity contribution in [2.75, 3.05) is 6.61 Å². The molecular weight excluding hydrogens is 240 g/mol. The standard InChI is InChI=1S/C14H18N4O/c1-18-14(16-9-17-18)8-12(15)10-6-7-19-13-5-3-2-4-11(10)13/h2-5,9-10,12H,6-8,15H2,1H3. The van der Waals surface area contributed by atoms with E-state index in [4.69, 9.17) is 10.5 Å². The fraction of sp³-hybridized carbons (Fsp3) is 0.429. The molecule has 1 aliphatic rings. The lowest BCUT2D eigenvalue weighted by atomic mass is 9.85. The van der Waals surface area contributed by atoms with Crippen molar-refractivity contribution in [3.8, 4) is 5.75 Å². The number of nitrogens with two attached hydrogens (primary N) is 1. The Morgan fingerprint density at radius 2 is 2.32 bits per heavy atom. The Kier molecular flexibility index (Phi) is 3.21. The van der Waals surface area contributed by atoms with Crippen LogP contribution >= 0.6 is 0 Å². The van der Waals surface area contributed by atoms with E-state index in [9.17, 15) is 0 Å². The highest BCUT2D eigenvalue weighted by Crippen LogP contribution is 2.35. The van der Waals surface area contributed by atoms with Crippen molar-refractivity contribution in [3.05, 3.63) is 42.0 Å². The van der Waals surface area contributed by atoms with E-state index >= 15 is 0 Å². The van der Waals surface area contributed by atoms with Crippen molar-refractivity contribution in [1.29, 1.82) is 0 Å². The molecule has 1 aliphatic heterocycles. The van der Waals surface area contributed by atoms with Gasteiger partial charge in [0, 0.05) is 25.4 Å². The molecule has 0 amide bonds. The fourth-order valence-electron chi connectivity index (χ4n) is 2.67. The second-order valence-corrected chi connectivity index (χ2v) is 4.95. The molecular formula is C14H18N4O. The Labute approximate surface area is 112 Å². The normalized spacial score (nSPS) is 19.6. The molecule has 2 atom stereocenters. The second kappa shape index (κ2) is 5.01. The molecule has 1 aromatic heterocycles. The summed E-state index contributed by atoms with van der Waals surface area (Å²) < 4.78 is 7.46. The van der Waals surface area contributed by atoms with Crippen molar-refractivity contribution in [2.24, 2.45) is 12.8 Å². The van der Waals surface area contributed by atoms with E-state index in [1.807, 2.05) is 25.2 Å². The van der Waals surface area contributed by atoms with Crippen LogP contribution in [0.15, 0.2) is 30.6 Å². The number of benzene rings is 1. The Morgan fingerprint density at radius 1 is 1.47 bits per heavy atom. The molecule has 2 unspecified atom stereocenters. The first kappa shape index (κ1) is 12.2. The lowest BCUT2D eigenvalue weighted by molar-refractivity contribution is 0.254. The van der Waals surface area contributed by atoms with E-state index in [2.05, 4.69) is 16.1 Å². The van der Waals surface area contributed by atoms with Gasteiger partial charge in [0.15, 0.2) is 0 Å². The monoisotopic (exact) mass is 258 g/mol. The Hall–Kier alpha value is -1.88. The molecule has 2 N–H and O–H groups in total. The van der Waals surface area contributed by atoms with Gasteiger partial charge in [0.25, 0.3) is 0 Å². The largest absolute Gasteiger partial charge is 0.493 e. The molecule has 0 aliphatic carbocycles. The number of fused-ring (bicyclic) bond motifs is 1. The van der Waals surface area contributed by atoms with Crippen LogP contribution in [0.2, 0.25) is 0 Å². The van der Waals surface area contributed by atoms with Crippen molar-refractivity contribution in [3.63, 3.8) is 0 Å². The zero-order valence-electron chi connectivity index (χ0n) is 11.0. The van der Waals surface area contributed by atoms with Gasteiger partial charge in [-0.1, -0.05) is 18.2 Å². The van der Waals surface area contributed by atoms with Gasteiger partial charge in [0.1, 0.15) is 17.9 Å². The summed E-state index contributed by atoms with van der Waals surface area (Å²) in [5.74, 6) is 2.21. The first-order valence-electron chi connectivity index (χ1n) is 6.56. The van der Waals surface area contributed by atoms with E-state index in [0.717, 1.165) is 31.0 Å². The maximum Gasteiger partial charge on any atom is 0.138 e. The average molecular weight is 258 g/mol. The van der Waals surface area contributed by atoms with Gasteiger partial charge in [-0.2, -0.15) is 5.10 Å². The number of aromatic nitrogens is 3. The molecule has 100 valence electrons. The smallest absolute Gasteiger partial charge is 0.138 e. The first-order chi connectivity index (χ1) is 9.25. The predicted octanol–water partition coefficient (Wildman–Crippen LogP) is 1.25. The number of hydrogen-bond donors (Lipinski definition) is 1. The summed E-state index contributed by atoms with van der Waals surface area (Å²) in [5, 5.41) is 4.08. The first-order valence-corrected chi connectivity index (χ1v) is 6.56. The average Bonchev–Trinajstić information content (AvgIpc) is 2.83. The van der Waals surface area contributed by atoms with Crippen LogP contribution in [-0.4, -0.2) is 27.4 Å². The van der Waals surface area contributed by atoms with Gasteiger partial charge in [-0.15, -0.1) is 0 Å². The number of ether oxygens (including phenoxy) is 1. The van der Waals surface area contributed by atoms with Gasteiger partial charge < -0.3 is 10.5 Å². The Morgan fingerprint density at radius 3 is 3.11 bits per heavy atom. The maximum atomic E-state index is 6.39. The molecule has 5 heteroatoms. The van der Waals surface area contributed by atoms with Gasteiger partial charge in [-0.25, -0.2) is 4.98 Å². The third-order valence-corrected chi connectivity index (χ3v) is 3.75. The lowest BCUT2D eigenvalue weighted by Gasteiger charge is -2.30. The molecule has 2 heterocycles. The topological polar surface area (TPSA) is 66.0 Å². The van der Waals surface area contributed by atoms with E-state index in [1.165, 1.54) is 5.56 Å². The van der Waals surface area contributed by atoms with Crippen LogP contribution in [0.5, 0.6) is 5.75 Å². The number of rotatable bonds is 3. The van der Waals surface area contributed by atoms with Gasteiger partial charge in [0.2, 0.25) is 0 Å². The van der Waals surface area contributed by atoms with Crippen LogP contribution < -0.4 is 10.5 Å². The molecule has 0 saturated heterocycles. The number of nitrogens with zero attached hydrogens (tertiary/aromatic N) is 3. The Balaban J connectivity index is 1.81. The minimum Gasteiger partial charge on any atom is -0.493 e. The fourth-order valence-corrected chi connectivity index (χ4v) is 2.67. The van der Waals surface area contributed by atoms with E-state index < -0.39 is 0 Å². The highest BCUT2D eigenvalue weighted by atomic mass is 16.5. The summed E-state index contributed by atoms with van der Waals surface area (Å²) in [7, 11) is 1.90. The summed E-state index contributed by atoms with van der Waals surface area (Å²) in [4.78, 5) is 4.25. The molecule has 0 fully saturated rings. The van der Waals surface area contributed by atoms with Crippen LogP contribution in [0.1, 0.15) is 23.7 Å². The minimum absolute atomic E-state index is 0.0351. The van der Waals surface area contributed by atoms with Crippen molar-refractivity contribution in [2.45, 2.75) is 24.8 Å². The lowest BCUT2D eigenvalue weighted by Crippen LogP contribution is -2.34. The van der Waals surface area contributed by atoms with Crippen molar-refractivity contribution in [1.82, 2.24) is 14.8 Å². The van der Waals surface area contributed by atoms with Crippen LogP contribution in [0.4, 0.5) is 0 Å². The molecule has 1 aromatic carbocycles. The third-order valence-electron chi connectivity index (χ3n) is 3.75. The zero-order chi connectivity index (χ0) is 13.2. The van der Waals surface area contributed by atoms with Crippen LogP contribution in [0.25, 0.3) is 0 Å². The summed E-state index contributed by atoms with van der Waals surface area (Å²) in [5.41, 5.74) is 7.60. The number of aryl methyl sites for hydroxylation is 1. The van der Waals surface area contributed by atoms with Gasteiger partial charge in [-0.05, 0) is 18.1 Å². The summed E-state index contributed by atoms with van der Waals surface area (Å²) >= 11 is 0. The van der Waals surface area contributed by atoms with Gasteiger partial charge in [-0.3, -0.25) is 4.68 Å². The van der Waals surface area contributed by atoms with E-state index in [0.29, 0.717) is 5.92 Å². The van der Waals surface area contributed by atoms with Crippen molar-refractivity contribution >= 4 is 0 Å². The van der Waals surface area contributed by atoms with Crippen molar-refractivity contribution < 1.29 is 4.74 Å². The molecule has 0 spiro atoms. The minimum atomic E-state index is 0.0351. The summed E-state index contributed by atoms with van der Waals surface area (Å²) in [6, 6.07) is 8.19. The second-order valence-electron chi connectivity index (χ2n) is 4.95. The Bertz CT molecular complexity index is 566. The van der Waals surface area contributed by atoms with Gasteiger partial charge >= 0.3 is 0 Å². The SMILES string of the molecule is Cn1ncnc1CC(N)C1CCOc2ccccc21.